The molecule has 1 amide bonds. The highest BCUT2D eigenvalue weighted by molar-refractivity contribution is 6.32. The molecule has 3 rings (SSSR count). The van der Waals surface area contributed by atoms with Crippen molar-refractivity contribution < 1.29 is 14.3 Å². The fourth-order valence-corrected chi connectivity index (χ4v) is 3.66. The third-order valence-corrected chi connectivity index (χ3v) is 5.29. The molecule has 5 nitrogen and oxygen atoms in total. The molecule has 1 N–H and O–H groups in total. The zero-order valence-corrected chi connectivity index (χ0v) is 19.6. The minimum atomic E-state index is -0.201. The van der Waals surface area contributed by atoms with Crippen molar-refractivity contribution in [3.05, 3.63) is 92.5 Å². The van der Waals surface area contributed by atoms with Gasteiger partial charge in [-0.15, -0.1) is 0 Å². The number of halogens is 2. The first kappa shape index (κ1) is 23.6. The van der Waals surface area contributed by atoms with Crippen molar-refractivity contribution in [1.29, 1.82) is 0 Å². The van der Waals surface area contributed by atoms with Gasteiger partial charge in [0.2, 0.25) is 5.91 Å². The molecule has 0 aliphatic heterocycles. The quantitative estimate of drug-likeness (QED) is 0.329. The van der Waals surface area contributed by atoms with Crippen LogP contribution < -0.4 is 14.9 Å². The molecule has 0 fully saturated rings. The maximum absolute atomic E-state index is 12.2. The topological polar surface area (TPSA) is 59.9 Å². The van der Waals surface area contributed by atoms with Crippen LogP contribution in [-0.2, 0) is 17.8 Å². The third-order valence-electron chi connectivity index (χ3n) is 4.78. The van der Waals surface area contributed by atoms with Gasteiger partial charge >= 0.3 is 0 Å². The number of ether oxygens (including phenoxy) is 2. The zero-order valence-electron chi connectivity index (χ0n) is 18.1. The van der Waals surface area contributed by atoms with Gasteiger partial charge in [0, 0.05) is 5.02 Å². The minimum absolute atomic E-state index is 0.201. The summed E-state index contributed by atoms with van der Waals surface area (Å²) in [5.41, 5.74) is 7.33. The molecule has 0 bridgehead atoms. The Morgan fingerprint density at radius 1 is 1.09 bits per heavy atom. The largest absolute Gasteiger partial charge is 0.493 e. The minimum Gasteiger partial charge on any atom is -0.493 e. The van der Waals surface area contributed by atoms with Gasteiger partial charge in [-0.05, 0) is 60.4 Å². The highest BCUT2D eigenvalue weighted by Crippen LogP contribution is 2.36. The Bertz CT molecular complexity index is 1150. The molecule has 7 heteroatoms. The van der Waals surface area contributed by atoms with E-state index in [1.807, 2.05) is 44.2 Å². The van der Waals surface area contributed by atoms with Crippen molar-refractivity contribution in [1.82, 2.24) is 5.43 Å². The van der Waals surface area contributed by atoms with Gasteiger partial charge in [0.05, 0.1) is 24.8 Å². The SMILES string of the molecule is COc1cc(/C=N\NC(=O)Cc2ccc(C)cc2C)cc(Cl)c1OCc1cccc(Cl)c1. The zero-order chi connectivity index (χ0) is 23.1. The van der Waals surface area contributed by atoms with Crippen molar-refractivity contribution >= 4 is 35.3 Å². The van der Waals surface area contributed by atoms with Gasteiger partial charge < -0.3 is 9.47 Å². The van der Waals surface area contributed by atoms with Crippen LogP contribution in [0.4, 0.5) is 0 Å². The van der Waals surface area contributed by atoms with Crippen LogP contribution in [0.1, 0.15) is 27.8 Å². The summed E-state index contributed by atoms with van der Waals surface area (Å²) >= 11 is 12.4. The van der Waals surface area contributed by atoms with Crippen molar-refractivity contribution in [2.45, 2.75) is 26.9 Å². The average Bonchev–Trinajstić information content (AvgIpc) is 2.74. The Hall–Kier alpha value is -3.02. The number of amides is 1. The Labute approximate surface area is 198 Å². The molecule has 0 heterocycles. The molecule has 32 heavy (non-hydrogen) atoms. The summed E-state index contributed by atoms with van der Waals surface area (Å²) in [6, 6.07) is 16.8. The van der Waals surface area contributed by atoms with Gasteiger partial charge in [0.1, 0.15) is 6.61 Å². The van der Waals surface area contributed by atoms with Crippen LogP contribution in [0.25, 0.3) is 0 Å². The van der Waals surface area contributed by atoms with E-state index in [-0.39, 0.29) is 12.3 Å². The Morgan fingerprint density at radius 3 is 2.62 bits per heavy atom. The molecule has 0 aliphatic carbocycles. The molecule has 3 aromatic rings. The Balaban J connectivity index is 1.64. The van der Waals surface area contributed by atoms with Crippen LogP contribution in [-0.4, -0.2) is 19.2 Å². The molecule has 0 saturated heterocycles. The van der Waals surface area contributed by atoms with Crippen LogP contribution in [0.5, 0.6) is 11.5 Å². The van der Waals surface area contributed by atoms with Crippen LogP contribution in [0.15, 0.2) is 59.7 Å². The van der Waals surface area contributed by atoms with Gasteiger partial charge in [-0.1, -0.05) is 59.1 Å². The summed E-state index contributed by atoms with van der Waals surface area (Å²) < 4.78 is 11.3. The molecule has 0 unspecified atom stereocenters. The van der Waals surface area contributed by atoms with Crippen LogP contribution in [0.3, 0.4) is 0 Å². The third kappa shape index (κ3) is 6.49. The normalized spacial score (nSPS) is 10.9. The molecule has 3 aromatic carbocycles. The summed E-state index contributed by atoms with van der Waals surface area (Å²) in [6.45, 7) is 4.30. The number of rotatable bonds is 8. The lowest BCUT2D eigenvalue weighted by Crippen LogP contribution is -2.20. The number of carbonyl (C=O) groups excluding carboxylic acids is 1. The first-order valence-corrected chi connectivity index (χ1v) is 10.7. The lowest BCUT2D eigenvalue weighted by atomic mass is 10.0. The highest BCUT2D eigenvalue weighted by atomic mass is 35.5. The van der Waals surface area contributed by atoms with E-state index in [2.05, 4.69) is 16.6 Å². The van der Waals surface area contributed by atoms with E-state index in [9.17, 15) is 4.79 Å². The number of carbonyl (C=O) groups is 1. The van der Waals surface area contributed by atoms with E-state index in [4.69, 9.17) is 32.7 Å². The second-order valence-electron chi connectivity index (χ2n) is 7.35. The first-order chi connectivity index (χ1) is 15.4. The number of nitrogens with zero attached hydrogens (tertiary/aromatic N) is 1. The molecule has 0 spiro atoms. The lowest BCUT2D eigenvalue weighted by Gasteiger charge is -2.13. The molecule has 0 atom stereocenters. The second kappa shape index (κ2) is 11.0. The fourth-order valence-electron chi connectivity index (χ4n) is 3.17. The first-order valence-electron chi connectivity index (χ1n) is 9.98. The maximum atomic E-state index is 12.2. The molecule has 0 saturated carbocycles. The van der Waals surface area contributed by atoms with E-state index in [0.717, 1.165) is 22.3 Å². The van der Waals surface area contributed by atoms with Gasteiger partial charge in [-0.3, -0.25) is 4.79 Å². The van der Waals surface area contributed by atoms with Gasteiger partial charge in [0.15, 0.2) is 11.5 Å². The summed E-state index contributed by atoms with van der Waals surface area (Å²) in [4.78, 5) is 12.2. The number of benzene rings is 3. The van der Waals surface area contributed by atoms with E-state index < -0.39 is 0 Å². The predicted molar refractivity (Wildman–Crippen MR) is 129 cm³/mol. The molecule has 0 radical (unpaired) electrons. The highest BCUT2D eigenvalue weighted by Gasteiger charge is 2.12. The van der Waals surface area contributed by atoms with E-state index >= 15 is 0 Å². The lowest BCUT2D eigenvalue weighted by molar-refractivity contribution is -0.120. The summed E-state index contributed by atoms with van der Waals surface area (Å²) in [7, 11) is 1.53. The Morgan fingerprint density at radius 2 is 1.91 bits per heavy atom. The standard InChI is InChI=1S/C25H24Cl2N2O3/c1-16-7-8-20(17(2)9-16)13-24(30)29-28-14-19-11-22(27)25(23(12-19)31-3)32-15-18-5-4-6-21(26)10-18/h4-12,14H,13,15H2,1-3H3,(H,29,30)/b28-14-. The summed E-state index contributed by atoms with van der Waals surface area (Å²) in [5, 5.41) is 5.04. The number of aryl methyl sites for hydroxylation is 2. The van der Waals surface area contributed by atoms with Gasteiger partial charge in [0.25, 0.3) is 0 Å². The molecule has 0 aromatic heterocycles. The van der Waals surface area contributed by atoms with Crippen molar-refractivity contribution in [2.75, 3.05) is 7.11 Å². The van der Waals surface area contributed by atoms with E-state index in [0.29, 0.717) is 33.7 Å². The van der Waals surface area contributed by atoms with Crippen LogP contribution in [0, 0.1) is 13.8 Å². The molecular weight excluding hydrogens is 447 g/mol. The van der Waals surface area contributed by atoms with Gasteiger partial charge in [-0.2, -0.15) is 5.10 Å². The summed E-state index contributed by atoms with van der Waals surface area (Å²) in [5.74, 6) is 0.681. The van der Waals surface area contributed by atoms with Gasteiger partial charge in [-0.25, -0.2) is 5.43 Å². The van der Waals surface area contributed by atoms with Crippen LogP contribution >= 0.6 is 23.2 Å². The van der Waals surface area contributed by atoms with Crippen molar-refractivity contribution in [3.8, 4) is 11.5 Å². The number of methoxy groups -OCH3 is 1. The van der Waals surface area contributed by atoms with Crippen LogP contribution in [0.2, 0.25) is 10.0 Å². The fraction of sp³-hybridized carbons (Fsp3) is 0.200. The average molecular weight is 471 g/mol. The number of hydrogen-bond donors (Lipinski definition) is 1. The van der Waals surface area contributed by atoms with E-state index in [1.165, 1.54) is 13.3 Å². The van der Waals surface area contributed by atoms with E-state index in [1.54, 1.807) is 18.2 Å². The number of hydrazone groups is 1. The monoisotopic (exact) mass is 470 g/mol. The molecule has 166 valence electrons. The maximum Gasteiger partial charge on any atom is 0.244 e. The predicted octanol–water partition coefficient (Wildman–Crippen LogP) is 5.89. The summed E-state index contributed by atoms with van der Waals surface area (Å²) in [6.07, 6.45) is 1.76. The molecular formula is C25H24Cl2N2O3. The number of nitrogens with one attached hydrogen (secondary N) is 1. The second-order valence-corrected chi connectivity index (χ2v) is 8.20. The smallest absolute Gasteiger partial charge is 0.244 e. The Kier molecular flexibility index (Phi) is 8.14. The number of hydrogen-bond acceptors (Lipinski definition) is 4. The van der Waals surface area contributed by atoms with Crippen molar-refractivity contribution in [2.24, 2.45) is 5.10 Å². The molecule has 0 aliphatic rings. The van der Waals surface area contributed by atoms with Crippen molar-refractivity contribution in [3.63, 3.8) is 0 Å².